The van der Waals surface area contributed by atoms with E-state index >= 15 is 0 Å². The number of amides is 2. The largest absolute Gasteiger partial charge is 0.338 e. The Bertz CT molecular complexity index is 262. The van der Waals surface area contributed by atoms with Gasteiger partial charge in [0.1, 0.15) is 6.33 Å². The third-order valence-electron chi connectivity index (χ3n) is 1.41. The molecule has 0 aliphatic heterocycles. The Morgan fingerprint density at radius 1 is 1.54 bits per heavy atom. The number of hydrogen-bond acceptors (Lipinski definition) is 3. The van der Waals surface area contributed by atoms with Gasteiger partial charge in [0.25, 0.3) is 0 Å². The summed E-state index contributed by atoms with van der Waals surface area (Å²) in [5.41, 5.74) is 0.793. The molecule has 1 aromatic heterocycles. The van der Waals surface area contributed by atoms with E-state index in [1.54, 1.807) is 12.3 Å². The van der Waals surface area contributed by atoms with E-state index in [0.717, 1.165) is 5.69 Å². The summed E-state index contributed by atoms with van der Waals surface area (Å²) in [6.45, 7) is 2.91. The lowest BCUT2D eigenvalue weighted by Gasteiger charge is -2.04. The van der Waals surface area contributed by atoms with Crippen LogP contribution in [0.25, 0.3) is 0 Å². The molecule has 13 heavy (non-hydrogen) atoms. The predicted octanol–water partition coefficient (Wildman–Crippen LogP) is 0.296. The number of hydrogen-bond donors (Lipinski definition) is 2. The van der Waals surface area contributed by atoms with Crippen LogP contribution in [-0.4, -0.2) is 22.5 Å². The maximum atomic E-state index is 11.0. The van der Waals surface area contributed by atoms with Crippen LogP contribution in [0.3, 0.4) is 0 Å². The second kappa shape index (κ2) is 5.08. The molecular formula is C8H12N4O. The Kier molecular flexibility index (Phi) is 3.69. The fourth-order valence-electron chi connectivity index (χ4n) is 0.817. The lowest BCUT2D eigenvalue weighted by Crippen LogP contribution is -2.34. The molecule has 0 unspecified atom stereocenters. The van der Waals surface area contributed by atoms with E-state index in [4.69, 9.17) is 0 Å². The number of carbonyl (C=O) groups is 1. The number of rotatable bonds is 3. The topological polar surface area (TPSA) is 66.9 Å². The smallest absolute Gasteiger partial charge is 0.315 e. The lowest BCUT2D eigenvalue weighted by molar-refractivity contribution is 0.241. The summed E-state index contributed by atoms with van der Waals surface area (Å²) in [4.78, 5) is 18.7. The Morgan fingerprint density at radius 2 is 2.38 bits per heavy atom. The van der Waals surface area contributed by atoms with Gasteiger partial charge in [-0.25, -0.2) is 14.8 Å². The molecule has 70 valence electrons. The van der Waals surface area contributed by atoms with E-state index in [9.17, 15) is 4.79 Å². The van der Waals surface area contributed by atoms with Gasteiger partial charge in [-0.15, -0.1) is 0 Å². The minimum Gasteiger partial charge on any atom is -0.338 e. The van der Waals surface area contributed by atoms with Crippen molar-refractivity contribution >= 4 is 6.03 Å². The van der Waals surface area contributed by atoms with Gasteiger partial charge in [0.05, 0.1) is 12.2 Å². The Morgan fingerprint density at radius 3 is 3.00 bits per heavy atom. The van der Waals surface area contributed by atoms with Crippen molar-refractivity contribution in [3.05, 3.63) is 24.3 Å². The molecule has 1 heterocycles. The van der Waals surface area contributed by atoms with Crippen LogP contribution in [0.15, 0.2) is 18.6 Å². The van der Waals surface area contributed by atoms with Crippen LogP contribution in [0, 0.1) is 0 Å². The van der Waals surface area contributed by atoms with Crippen LogP contribution in [0.5, 0.6) is 0 Å². The third kappa shape index (κ3) is 3.50. The van der Waals surface area contributed by atoms with Gasteiger partial charge < -0.3 is 10.6 Å². The monoisotopic (exact) mass is 180 g/mol. The summed E-state index contributed by atoms with van der Waals surface area (Å²) < 4.78 is 0. The number of nitrogens with zero attached hydrogens (tertiary/aromatic N) is 2. The van der Waals surface area contributed by atoms with Gasteiger partial charge in [-0.2, -0.15) is 0 Å². The van der Waals surface area contributed by atoms with Crippen LogP contribution >= 0.6 is 0 Å². The van der Waals surface area contributed by atoms with Crippen molar-refractivity contribution in [3.63, 3.8) is 0 Å². The van der Waals surface area contributed by atoms with Gasteiger partial charge in [0, 0.05) is 12.7 Å². The van der Waals surface area contributed by atoms with E-state index in [1.165, 1.54) is 6.33 Å². The molecule has 5 heteroatoms. The van der Waals surface area contributed by atoms with E-state index in [-0.39, 0.29) is 6.03 Å². The van der Waals surface area contributed by atoms with Crippen molar-refractivity contribution in [3.8, 4) is 0 Å². The van der Waals surface area contributed by atoms with Crippen LogP contribution < -0.4 is 10.6 Å². The van der Waals surface area contributed by atoms with Crippen LogP contribution in [0.2, 0.25) is 0 Å². The van der Waals surface area contributed by atoms with Crippen molar-refractivity contribution in [2.75, 3.05) is 6.54 Å². The first-order valence-corrected chi connectivity index (χ1v) is 4.09. The normalized spacial score (nSPS) is 9.31. The standard InChI is InChI=1S/C8H12N4O/c1-2-10-8(13)11-5-7-3-4-9-6-12-7/h3-4,6H,2,5H2,1H3,(H2,10,11,13). The summed E-state index contributed by atoms with van der Waals surface area (Å²) in [6, 6.07) is 1.58. The minimum atomic E-state index is -0.180. The molecule has 2 N–H and O–H groups in total. The number of carbonyl (C=O) groups excluding carboxylic acids is 1. The summed E-state index contributed by atoms with van der Waals surface area (Å²) in [5.74, 6) is 0. The van der Waals surface area contributed by atoms with Gasteiger partial charge in [0.15, 0.2) is 0 Å². The molecule has 0 bridgehead atoms. The molecule has 0 aliphatic rings. The van der Waals surface area contributed by atoms with Crippen molar-refractivity contribution in [1.82, 2.24) is 20.6 Å². The quantitative estimate of drug-likeness (QED) is 0.702. The van der Waals surface area contributed by atoms with Gasteiger partial charge in [-0.1, -0.05) is 0 Å². The molecule has 2 amide bonds. The number of nitrogens with one attached hydrogen (secondary N) is 2. The SMILES string of the molecule is CCNC(=O)NCc1ccncn1. The zero-order valence-electron chi connectivity index (χ0n) is 7.45. The maximum Gasteiger partial charge on any atom is 0.315 e. The third-order valence-corrected chi connectivity index (χ3v) is 1.41. The molecule has 1 aromatic rings. The Hall–Kier alpha value is -1.65. The average molecular weight is 180 g/mol. The Labute approximate surface area is 76.6 Å². The zero-order chi connectivity index (χ0) is 9.52. The maximum absolute atomic E-state index is 11.0. The van der Waals surface area contributed by atoms with E-state index in [0.29, 0.717) is 13.1 Å². The highest BCUT2D eigenvalue weighted by Crippen LogP contribution is 1.88. The molecule has 0 spiro atoms. The highest BCUT2D eigenvalue weighted by atomic mass is 16.2. The van der Waals surface area contributed by atoms with E-state index < -0.39 is 0 Å². The fraction of sp³-hybridized carbons (Fsp3) is 0.375. The molecule has 0 radical (unpaired) electrons. The average Bonchev–Trinajstić information content (AvgIpc) is 2.17. The lowest BCUT2D eigenvalue weighted by atomic mass is 10.4. The van der Waals surface area contributed by atoms with Crippen LogP contribution in [-0.2, 0) is 6.54 Å². The highest BCUT2D eigenvalue weighted by Gasteiger charge is 1.97. The molecule has 0 saturated heterocycles. The van der Waals surface area contributed by atoms with Crippen molar-refractivity contribution in [2.24, 2.45) is 0 Å². The number of aromatic nitrogens is 2. The Balaban J connectivity index is 2.31. The molecule has 0 atom stereocenters. The summed E-state index contributed by atoms with van der Waals surface area (Å²) in [5, 5.41) is 5.28. The molecule has 1 rings (SSSR count). The molecule has 0 saturated carbocycles. The summed E-state index contributed by atoms with van der Waals surface area (Å²) in [7, 11) is 0. The van der Waals surface area contributed by atoms with Gasteiger partial charge >= 0.3 is 6.03 Å². The fourth-order valence-corrected chi connectivity index (χ4v) is 0.817. The van der Waals surface area contributed by atoms with Crippen molar-refractivity contribution < 1.29 is 4.79 Å². The summed E-state index contributed by atoms with van der Waals surface area (Å²) >= 11 is 0. The first kappa shape index (κ1) is 9.44. The van der Waals surface area contributed by atoms with Gasteiger partial charge in [-0.3, -0.25) is 0 Å². The highest BCUT2D eigenvalue weighted by molar-refractivity contribution is 5.73. The summed E-state index contributed by atoms with van der Waals surface area (Å²) in [6.07, 6.45) is 3.09. The number of urea groups is 1. The van der Waals surface area contributed by atoms with Crippen LogP contribution in [0.4, 0.5) is 4.79 Å². The first-order valence-electron chi connectivity index (χ1n) is 4.09. The minimum absolute atomic E-state index is 0.180. The predicted molar refractivity (Wildman–Crippen MR) is 47.9 cm³/mol. The molecule has 0 aliphatic carbocycles. The van der Waals surface area contributed by atoms with Gasteiger partial charge in [-0.05, 0) is 13.0 Å². The van der Waals surface area contributed by atoms with Crippen LogP contribution in [0.1, 0.15) is 12.6 Å². The zero-order valence-corrected chi connectivity index (χ0v) is 7.45. The van der Waals surface area contributed by atoms with Crippen molar-refractivity contribution in [2.45, 2.75) is 13.5 Å². The molecular weight excluding hydrogens is 168 g/mol. The van der Waals surface area contributed by atoms with Crippen molar-refractivity contribution in [1.29, 1.82) is 0 Å². The molecule has 0 aromatic carbocycles. The second-order valence-corrected chi connectivity index (χ2v) is 2.41. The van der Waals surface area contributed by atoms with E-state index in [1.807, 2.05) is 6.92 Å². The second-order valence-electron chi connectivity index (χ2n) is 2.41. The first-order chi connectivity index (χ1) is 6.33. The molecule has 0 fully saturated rings. The van der Waals surface area contributed by atoms with E-state index in [2.05, 4.69) is 20.6 Å². The van der Waals surface area contributed by atoms with Gasteiger partial charge in [0.2, 0.25) is 0 Å². The molecule has 5 nitrogen and oxygen atoms in total.